The van der Waals surface area contributed by atoms with Crippen LogP contribution in [0.3, 0.4) is 0 Å². The Bertz CT molecular complexity index is 646. The molecule has 0 atom stereocenters. The summed E-state index contributed by atoms with van der Waals surface area (Å²) in [6.07, 6.45) is 7.17. The molecule has 22 heavy (non-hydrogen) atoms. The highest BCUT2D eigenvalue weighted by Crippen LogP contribution is 2.20. The van der Waals surface area contributed by atoms with E-state index in [2.05, 4.69) is 15.2 Å². The van der Waals surface area contributed by atoms with Crippen molar-refractivity contribution in [1.29, 1.82) is 0 Å². The topological polar surface area (TPSA) is 45.2 Å². The number of aromatic nitrogens is 1. The van der Waals surface area contributed by atoms with Crippen molar-refractivity contribution in [2.24, 2.45) is 0 Å². The molecular formula is C18H21N3O. The summed E-state index contributed by atoms with van der Waals surface area (Å²) in [5.41, 5.74) is 3.62. The van der Waals surface area contributed by atoms with Crippen LogP contribution in [-0.2, 0) is 0 Å². The Hall–Kier alpha value is -2.36. The van der Waals surface area contributed by atoms with Gasteiger partial charge >= 0.3 is 0 Å². The van der Waals surface area contributed by atoms with E-state index in [1.807, 2.05) is 43.5 Å². The molecule has 0 spiro atoms. The van der Waals surface area contributed by atoms with Gasteiger partial charge in [0.05, 0.1) is 17.4 Å². The number of nitrogens with zero attached hydrogens (tertiary/aromatic N) is 2. The van der Waals surface area contributed by atoms with Crippen molar-refractivity contribution >= 4 is 17.3 Å². The van der Waals surface area contributed by atoms with Crippen molar-refractivity contribution in [3.05, 3.63) is 53.9 Å². The van der Waals surface area contributed by atoms with Gasteiger partial charge in [0.15, 0.2) is 0 Å². The molecule has 0 unspecified atom stereocenters. The van der Waals surface area contributed by atoms with Gasteiger partial charge in [-0.05, 0) is 44.4 Å². The molecule has 1 aromatic carbocycles. The molecule has 1 N–H and O–H groups in total. The molecule has 2 aromatic rings. The van der Waals surface area contributed by atoms with Crippen LogP contribution in [0.4, 0.5) is 11.4 Å². The molecule has 1 fully saturated rings. The molecule has 1 aliphatic heterocycles. The lowest BCUT2D eigenvalue weighted by Gasteiger charge is -2.28. The first kappa shape index (κ1) is 14.6. The highest BCUT2D eigenvalue weighted by Gasteiger charge is 2.14. The Morgan fingerprint density at radius 2 is 1.82 bits per heavy atom. The van der Waals surface area contributed by atoms with Crippen LogP contribution < -0.4 is 10.2 Å². The van der Waals surface area contributed by atoms with Crippen molar-refractivity contribution in [2.75, 3.05) is 23.3 Å². The van der Waals surface area contributed by atoms with Crippen LogP contribution in [0, 0.1) is 6.92 Å². The predicted octanol–water partition coefficient (Wildman–Crippen LogP) is 3.63. The summed E-state index contributed by atoms with van der Waals surface area (Å²) in [5, 5.41) is 2.92. The average Bonchev–Trinajstić information content (AvgIpc) is 2.58. The van der Waals surface area contributed by atoms with Crippen LogP contribution in [0.1, 0.15) is 35.2 Å². The van der Waals surface area contributed by atoms with Crippen LogP contribution in [-0.4, -0.2) is 24.0 Å². The van der Waals surface area contributed by atoms with E-state index in [4.69, 9.17) is 0 Å². The highest BCUT2D eigenvalue weighted by atomic mass is 16.1. The number of hydrogen-bond donors (Lipinski definition) is 1. The molecule has 1 amide bonds. The number of aryl methyl sites for hydroxylation is 1. The van der Waals surface area contributed by atoms with Gasteiger partial charge < -0.3 is 10.2 Å². The third kappa shape index (κ3) is 3.45. The SMILES string of the molecule is Cc1ccc(NC(=O)c2cncc(N3CCCCC3)c2)cc1. The standard InChI is InChI=1S/C18H21N3O/c1-14-5-7-16(8-6-14)20-18(22)15-11-17(13-19-12-15)21-9-3-2-4-10-21/h5-8,11-13H,2-4,9-10H2,1H3,(H,20,22). The van der Waals surface area contributed by atoms with E-state index >= 15 is 0 Å². The first-order chi connectivity index (χ1) is 10.7. The number of rotatable bonds is 3. The van der Waals surface area contributed by atoms with Crippen LogP contribution in [0.2, 0.25) is 0 Å². The second-order valence-electron chi connectivity index (χ2n) is 5.80. The molecule has 2 heterocycles. The lowest BCUT2D eigenvalue weighted by molar-refractivity contribution is 0.102. The monoisotopic (exact) mass is 295 g/mol. The third-order valence-corrected chi connectivity index (χ3v) is 4.02. The molecule has 4 nitrogen and oxygen atoms in total. The molecule has 0 aliphatic carbocycles. The fourth-order valence-electron chi connectivity index (χ4n) is 2.72. The van der Waals surface area contributed by atoms with E-state index in [1.54, 1.807) is 6.20 Å². The minimum Gasteiger partial charge on any atom is -0.370 e. The zero-order valence-electron chi connectivity index (χ0n) is 12.9. The maximum Gasteiger partial charge on any atom is 0.257 e. The number of pyridine rings is 1. The van der Waals surface area contributed by atoms with E-state index in [9.17, 15) is 4.79 Å². The van der Waals surface area contributed by atoms with Crippen molar-refractivity contribution in [1.82, 2.24) is 4.98 Å². The number of carbonyl (C=O) groups is 1. The molecule has 114 valence electrons. The van der Waals surface area contributed by atoms with Crippen molar-refractivity contribution in [2.45, 2.75) is 26.2 Å². The fourth-order valence-corrected chi connectivity index (χ4v) is 2.72. The van der Waals surface area contributed by atoms with Crippen LogP contribution in [0.25, 0.3) is 0 Å². The van der Waals surface area contributed by atoms with E-state index in [1.165, 1.54) is 24.8 Å². The summed E-state index contributed by atoms with van der Waals surface area (Å²) in [6, 6.07) is 9.72. The summed E-state index contributed by atoms with van der Waals surface area (Å²) < 4.78 is 0. The van der Waals surface area contributed by atoms with Crippen molar-refractivity contribution in [3.8, 4) is 0 Å². The molecule has 0 bridgehead atoms. The Kier molecular flexibility index (Phi) is 4.37. The normalized spacial score (nSPS) is 14.7. The largest absolute Gasteiger partial charge is 0.370 e. The van der Waals surface area contributed by atoms with Gasteiger partial charge in [-0.2, -0.15) is 0 Å². The molecule has 0 saturated carbocycles. The van der Waals surface area contributed by atoms with Gasteiger partial charge in [-0.15, -0.1) is 0 Å². The number of nitrogens with one attached hydrogen (secondary N) is 1. The van der Waals surface area contributed by atoms with Gasteiger partial charge in [-0.1, -0.05) is 17.7 Å². The molecular weight excluding hydrogens is 274 g/mol. The Morgan fingerprint density at radius 3 is 2.55 bits per heavy atom. The maximum absolute atomic E-state index is 12.4. The molecule has 3 rings (SSSR count). The molecule has 1 aromatic heterocycles. The Labute approximate surface area is 131 Å². The summed E-state index contributed by atoms with van der Waals surface area (Å²) in [6.45, 7) is 4.12. The van der Waals surface area contributed by atoms with Gasteiger partial charge in [-0.25, -0.2) is 0 Å². The lowest BCUT2D eigenvalue weighted by atomic mass is 10.1. The number of anilines is 2. The summed E-state index contributed by atoms with van der Waals surface area (Å²) in [4.78, 5) is 18.9. The second kappa shape index (κ2) is 6.60. The fraction of sp³-hybridized carbons (Fsp3) is 0.333. The highest BCUT2D eigenvalue weighted by molar-refractivity contribution is 6.04. The predicted molar refractivity (Wildman–Crippen MR) is 89.4 cm³/mol. The minimum absolute atomic E-state index is 0.116. The second-order valence-corrected chi connectivity index (χ2v) is 5.80. The van der Waals surface area contributed by atoms with Gasteiger partial charge in [0.2, 0.25) is 0 Å². The van der Waals surface area contributed by atoms with Gasteiger partial charge in [0.25, 0.3) is 5.91 Å². The lowest BCUT2D eigenvalue weighted by Crippen LogP contribution is -2.29. The number of carbonyl (C=O) groups excluding carboxylic acids is 1. The average molecular weight is 295 g/mol. The molecule has 1 aliphatic rings. The molecule has 0 radical (unpaired) electrons. The number of piperidine rings is 1. The first-order valence-corrected chi connectivity index (χ1v) is 7.80. The smallest absolute Gasteiger partial charge is 0.257 e. The number of benzene rings is 1. The van der Waals surface area contributed by atoms with Crippen LogP contribution in [0.5, 0.6) is 0 Å². The zero-order valence-corrected chi connectivity index (χ0v) is 12.9. The van der Waals surface area contributed by atoms with Gasteiger partial charge in [0.1, 0.15) is 0 Å². The van der Waals surface area contributed by atoms with Gasteiger partial charge in [0, 0.05) is 25.0 Å². The van der Waals surface area contributed by atoms with E-state index in [0.29, 0.717) is 5.56 Å². The number of hydrogen-bond acceptors (Lipinski definition) is 3. The van der Waals surface area contributed by atoms with Crippen LogP contribution in [0.15, 0.2) is 42.7 Å². The van der Waals surface area contributed by atoms with E-state index in [-0.39, 0.29) is 5.91 Å². The Morgan fingerprint density at radius 1 is 1.09 bits per heavy atom. The Balaban J connectivity index is 1.73. The van der Waals surface area contributed by atoms with Crippen molar-refractivity contribution in [3.63, 3.8) is 0 Å². The minimum atomic E-state index is -0.116. The van der Waals surface area contributed by atoms with E-state index < -0.39 is 0 Å². The summed E-state index contributed by atoms with van der Waals surface area (Å²) in [5.74, 6) is -0.116. The summed E-state index contributed by atoms with van der Waals surface area (Å²) >= 11 is 0. The number of amides is 1. The maximum atomic E-state index is 12.4. The van der Waals surface area contributed by atoms with E-state index in [0.717, 1.165) is 24.5 Å². The van der Waals surface area contributed by atoms with Crippen LogP contribution >= 0.6 is 0 Å². The molecule has 1 saturated heterocycles. The zero-order chi connectivity index (χ0) is 15.4. The first-order valence-electron chi connectivity index (χ1n) is 7.80. The van der Waals surface area contributed by atoms with Crippen molar-refractivity contribution < 1.29 is 4.79 Å². The quantitative estimate of drug-likeness (QED) is 0.940. The molecule has 4 heteroatoms. The third-order valence-electron chi connectivity index (χ3n) is 4.02. The summed E-state index contributed by atoms with van der Waals surface area (Å²) in [7, 11) is 0. The van der Waals surface area contributed by atoms with Gasteiger partial charge in [-0.3, -0.25) is 9.78 Å².